The van der Waals surface area contributed by atoms with E-state index in [1.54, 1.807) is 11.8 Å². The van der Waals surface area contributed by atoms with E-state index in [-0.39, 0.29) is 26.0 Å². The minimum absolute atomic E-state index is 0. The lowest BCUT2D eigenvalue weighted by Crippen LogP contribution is -2.66. The lowest BCUT2D eigenvalue weighted by molar-refractivity contribution is -0.0973. The normalized spacial score (nSPS) is 26.8. The van der Waals surface area contributed by atoms with E-state index in [2.05, 4.69) is 46.0 Å². The maximum atomic E-state index is 15.0. The number of amides is 2. The van der Waals surface area contributed by atoms with Crippen molar-refractivity contribution in [3.8, 4) is 0 Å². The Morgan fingerprint density at radius 2 is 1.83 bits per heavy atom. The van der Waals surface area contributed by atoms with Crippen molar-refractivity contribution in [2.45, 2.75) is 95.7 Å². The predicted molar refractivity (Wildman–Crippen MR) is 134 cm³/mol. The molecule has 0 unspecified atom stereocenters. The molecule has 2 amide bonds. The zero-order valence-electron chi connectivity index (χ0n) is 22.2. The first-order valence-corrected chi connectivity index (χ1v) is 13.4. The van der Waals surface area contributed by atoms with Gasteiger partial charge < -0.3 is 14.7 Å². The van der Waals surface area contributed by atoms with Crippen molar-refractivity contribution in [3.63, 3.8) is 0 Å². The maximum Gasteiger partial charge on any atom is 0.317 e. The molecular weight excluding hydrogens is 473 g/mol. The van der Waals surface area contributed by atoms with Crippen LogP contribution in [0.25, 0.3) is 0 Å². The number of carbonyl (C=O) groups excluding carboxylic acids is 1. The monoisotopic (exact) mass is 518 g/mol. The molecule has 0 radical (unpaired) electrons. The molecule has 0 bridgehead atoms. The number of piperazine rings is 1. The SMILES string of the molecule is CC(C)N1CCN([C@H]2CCCC(F)(F)[C@@H]2NC(=O)N2CCC(C)(c3ncon3)CC2)CC1.CCCF.[HH]. The molecule has 4 rings (SSSR count). The number of rotatable bonds is 5. The number of halogens is 3. The summed E-state index contributed by atoms with van der Waals surface area (Å²) in [6, 6.07) is -1.42. The molecule has 0 aromatic carbocycles. The van der Waals surface area contributed by atoms with Crippen LogP contribution in [-0.4, -0.2) is 101 Å². The van der Waals surface area contributed by atoms with E-state index in [9.17, 15) is 9.18 Å². The molecule has 1 aromatic heterocycles. The van der Waals surface area contributed by atoms with Gasteiger partial charge in [-0.1, -0.05) is 19.0 Å². The number of nitrogens with one attached hydrogen (secondary N) is 1. The van der Waals surface area contributed by atoms with Crippen LogP contribution in [0.15, 0.2) is 10.9 Å². The number of alkyl halides is 3. The molecule has 8 nitrogen and oxygen atoms in total. The van der Waals surface area contributed by atoms with Crippen LogP contribution in [0.4, 0.5) is 18.0 Å². The van der Waals surface area contributed by atoms with E-state index < -0.39 is 18.0 Å². The molecule has 3 heterocycles. The predicted octanol–water partition coefficient (Wildman–Crippen LogP) is 4.33. The van der Waals surface area contributed by atoms with E-state index in [4.69, 9.17) is 4.52 Å². The number of hydrogen-bond donors (Lipinski definition) is 1. The zero-order valence-corrected chi connectivity index (χ0v) is 22.2. The largest absolute Gasteiger partial charge is 0.343 e. The number of nitrogens with zero attached hydrogens (tertiary/aromatic N) is 5. The second-order valence-corrected chi connectivity index (χ2v) is 10.8. The van der Waals surface area contributed by atoms with Gasteiger partial charge in [0.25, 0.3) is 5.92 Å². The fourth-order valence-electron chi connectivity index (χ4n) is 5.42. The van der Waals surface area contributed by atoms with E-state index in [0.717, 1.165) is 26.2 Å². The molecule has 1 aromatic rings. The molecule has 3 aliphatic rings. The van der Waals surface area contributed by atoms with Crippen molar-refractivity contribution >= 4 is 6.03 Å². The van der Waals surface area contributed by atoms with Gasteiger partial charge in [-0.05, 0) is 46.0 Å². The third-order valence-corrected chi connectivity index (χ3v) is 7.92. The van der Waals surface area contributed by atoms with Gasteiger partial charge in [-0.3, -0.25) is 14.2 Å². The van der Waals surface area contributed by atoms with Crippen LogP contribution in [0.1, 0.15) is 73.5 Å². The van der Waals surface area contributed by atoms with Gasteiger partial charge in [0, 0.05) is 64.6 Å². The minimum Gasteiger partial charge on any atom is -0.343 e. The van der Waals surface area contributed by atoms with Gasteiger partial charge in [-0.2, -0.15) is 4.98 Å². The van der Waals surface area contributed by atoms with Crippen LogP contribution in [0.3, 0.4) is 0 Å². The third-order valence-electron chi connectivity index (χ3n) is 7.92. The van der Waals surface area contributed by atoms with Crippen LogP contribution >= 0.6 is 0 Å². The number of urea groups is 1. The Hall–Kier alpha value is -1.88. The van der Waals surface area contributed by atoms with E-state index in [1.807, 2.05) is 0 Å². The van der Waals surface area contributed by atoms with E-state index in [1.165, 1.54) is 6.39 Å². The Balaban J connectivity index is 0.000000898. The molecule has 0 spiro atoms. The highest BCUT2D eigenvalue weighted by molar-refractivity contribution is 5.75. The topological polar surface area (TPSA) is 77.7 Å². The van der Waals surface area contributed by atoms with Gasteiger partial charge >= 0.3 is 6.03 Å². The van der Waals surface area contributed by atoms with E-state index in [0.29, 0.717) is 57.1 Å². The average molecular weight is 519 g/mol. The molecule has 1 N–H and O–H groups in total. The first kappa shape index (κ1) is 28.7. The van der Waals surface area contributed by atoms with Crippen molar-refractivity contribution in [2.24, 2.45) is 0 Å². The molecule has 11 heteroatoms. The van der Waals surface area contributed by atoms with Crippen molar-refractivity contribution in [1.82, 2.24) is 30.2 Å². The molecular formula is C25H45F3N6O2. The summed E-state index contributed by atoms with van der Waals surface area (Å²) < 4.78 is 45.6. The van der Waals surface area contributed by atoms with E-state index >= 15 is 8.78 Å². The van der Waals surface area contributed by atoms with Gasteiger partial charge in [-0.25, -0.2) is 13.6 Å². The fraction of sp³-hybridized carbons (Fsp3) is 0.880. The molecule has 2 aliphatic heterocycles. The minimum atomic E-state index is -2.90. The highest BCUT2D eigenvalue weighted by Crippen LogP contribution is 2.37. The fourth-order valence-corrected chi connectivity index (χ4v) is 5.42. The zero-order chi connectivity index (χ0) is 26.3. The molecule has 2 atom stereocenters. The Morgan fingerprint density at radius 3 is 2.36 bits per heavy atom. The third kappa shape index (κ3) is 6.90. The van der Waals surface area contributed by atoms with Crippen molar-refractivity contribution < 1.29 is 23.9 Å². The van der Waals surface area contributed by atoms with Crippen molar-refractivity contribution in [3.05, 3.63) is 12.2 Å². The quantitative estimate of drug-likeness (QED) is 0.625. The summed E-state index contributed by atoms with van der Waals surface area (Å²) in [5.41, 5.74) is -0.267. The molecule has 1 aliphatic carbocycles. The molecule has 1 saturated carbocycles. The van der Waals surface area contributed by atoms with Gasteiger partial charge in [-0.15, -0.1) is 0 Å². The first-order valence-electron chi connectivity index (χ1n) is 13.4. The Bertz CT molecular complexity index is 798. The van der Waals surface area contributed by atoms with Gasteiger partial charge in [0.05, 0.1) is 6.67 Å². The maximum absolute atomic E-state index is 15.0. The van der Waals surface area contributed by atoms with Crippen LogP contribution in [0.5, 0.6) is 0 Å². The number of carbonyl (C=O) groups is 1. The molecule has 36 heavy (non-hydrogen) atoms. The molecule has 3 fully saturated rings. The van der Waals surface area contributed by atoms with Crippen LogP contribution in [0, 0.1) is 0 Å². The first-order chi connectivity index (χ1) is 17.1. The second-order valence-electron chi connectivity index (χ2n) is 10.8. The summed E-state index contributed by atoms with van der Waals surface area (Å²) in [5, 5.41) is 6.71. The summed E-state index contributed by atoms with van der Waals surface area (Å²) in [5.74, 6) is -2.26. The highest BCUT2D eigenvalue weighted by Gasteiger charge is 2.50. The Labute approximate surface area is 214 Å². The molecule has 2 saturated heterocycles. The van der Waals surface area contributed by atoms with Gasteiger partial charge in [0.15, 0.2) is 5.82 Å². The lowest BCUT2D eigenvalue weighted by atomic mass is 9.79. The summed E-state index contributed by atoms with van der Waals surface area (Å²) in [6.07, 6.45) is 4.31. The molecule has 208 valence electrons. The smallest absolute Gasteiger partial charge is 0.317 e. The Kier molecular flexibility index (Phi) is 10.0. The van der Waals surface area contributed by atoms with Gasteiger partial charge in [0.2, 0.25) is 6.39 Å². The number of likely N-dealkylation sites (tertiary alicyclic amines) is 1. The second kappa shape index (κ2) is 12.6. The lowest BCUT2D eigenvalue weighted by Gasteiger charge is -2.48. The van der Waals surface area contributed by atoms with Crippen LogP contribution < -0.4 is 5.32 Å². The highest BCUT2D eigenvalue weighted by atomic mass is 19.3. The number of hydrogen-bond acceptors (Lipinski definition) is 6. The van der Waals surface area contributed by atoms with Crippen LogP contribution in [0.2, 0.25) is 0 Å². The van der Waals surface area contributed by atoms with Gasteiger partial charge in [0.1, 0.15) is 6.04 Å². The van der Waals surface area contributed by atoms with Crippen molar-refractivity contribution in [2.75, 3.05) is 45.9 Å². The van der Waals surface area contributed by atoms with Crippen molar-refractivity contribution in [1.29, 1.82) is 0 Å². The summed E-state index contributed by atoms with van der Waals surface area (Å²) in [6.45, 7) is 12.2. The standard InChI is InChI=1S/C22H36F2N6O2.C3H7F.H2/c1-16(2)28-11-13-29(14-12-28)17-5-4-6-22(23,24)18(17)26-20(31)30-9-7-21(3,8-10-30)19-25-15-32-27-19;1-2-3-4;/h15-18H,4-14H2,1-3H3,(H,26,31);2-3H2,1H3;1H/t17-,18+;;/m0../s1. The Morgan fingerprint density at radius 1 is 1.19 bits per heavy atom. The summed E-state index contributed by atoms with van der Waals surface area (Å²) in [7, 11) is 0. The summed E-state index contributed by atoms with van der Waals surface area (Å²) >= 11 is 0. The average Bonchev–Trinajstić information content (AvgIpc) is 3.42. The van der Waals surface area contributed by atoms with Crippen LogP contribution in [-0.2, 0) is 5.41 Å². The summed E-state index contributed by atoms with van der Waals surface area (Å²) in [4.78, 5) is 23.4. The number of piperidine rings is 1. The number of aromatic nitrogens is 2.